The third-order valence-corrected chi connectivity index (χ3v) is 4.95. The number of rotatable bonds is 5. The second-order valence-corrected chi connectivity index (χ2v) is 7.36. The first-order valence-corrected chi connectivity index (χ1v) is 9.63. The number of anilines is 1. The molecule has 0 aliphatic rings. The predicted molar refractivity (Wildman–Crippen MR) is 115 cm³/mol. The van der Waals surface area contributed by atoms with E-state index in [9.17, 15) is 9.59 Å². The number of halogens is 2. The van der Waals surface area contributed by atoms with Crippen LogP contribution in [0.5, 0.6) is 0 Å². The Bertz CT molecular complexity index is 1200. The number of carbonyl (C=O) groups excluding carboxylic acids is 2. The van der Waals surface area contributed by atoms with Crippen LogP contribution in [0, 0.1) is 0 Å². The minimum atomic E-state index is -0.334. The molecule has 1 aromatic heterocycles. The van der Waals surface area contributed by atoms with Gasteiger partial charge in [0.2, 0.25) is 11.7 Å². The van der Waals surface area contributed by atoms with Gasteiger partial charge in [-0.2, -0.15) is 0 Å². The van der Waals surface area contributed by atoms with Crippen molar-refractivity contribution in [3.63, 3.8) is 0 Å². The van der Waals surface area contributed by atoms with Gasteiger partial charge in [0, 0.05) is 21.0 Å². The Balaban J connectivity index is 1.68. The van der Waals surface area contributed by atoms with Crippen LogP contribution in [0.15, 0.2) is 77.2 Å². The number of amides is 1. The SMILES string of the molecule is O=C(Cc1ccc(Cl)cc1)Nc1c(C(=O)c2ccc(Cl)cc2)oc2ccccc12. The molecule has 4 nitrogen and oxygen atoms in total. The Kier molecular flexibility index (Phi) is 5.38. The highest BCUT2D eigenvalue weighted by Gasteiger charge is 2.23. The molecule has 1 N–H and O–H groups in total. The van der Waals surface area contributed by atoms with Crippen LogP contribution in [0.25, 0.3) is 11.0 Å². The van der Waals surface area contributed by atoms with E-state index in [4.69, 9.17) is 27.6 Å². The van der Waals surface area contributed by atoms with E-state index in [2.05, 4.69) is 5.32 Å². The summed E-state index contributed by atoms with van der Waals surface area (Å²) in [6.07, 6.45) is 0.144. The van der Waals surface area contributed by atoms with Crippen molar-refractivity contribution >= 4 is 51.5 Å². The summed E-state index contributed by atoms with van der Waals surface area (Å²) >= 11 is 11.8. The van der Waals surface area contributed by atoms with Crippen LogP contribution in [0.1, 0.15) is 21.7 Å². The van der Waals surface area contributed by atoms with Gasteiger partial charge in [0.05, 0.1) is 12.1 Å². The van der Waals surface area contributed by atoms with Crippen LogP contribution in [0.3, 0.4) is 0 Å². The first-order valence-electron chi connectivity index (χ1n) is 8.87. The maximum Gasteiger partial charge on any atom is 0.230 e. The van der Waals surface area contributed by atoms with Gasteiger partial charge in [0.1, 0.15) is 5.58 Å². The average molecular weight is 424 g/mol. The zero-order valence-electron chi connectivity index (χ0n) is 15.1. The zero-order valence-corrected chi connectivity index (χ0v) is 16.6. The van der Waals surface area contributed by atoms with Crippen molar-refractivity contribution in [1.82, 2.24) is 0 Å². The van der Waals surface area contributed by atoms with E-state index in [1.54, 1.807) is 60.7 Å². The van der Waals surface area contributed by atoms with Gasteiger partial charge in [-0.1, -0.05) is 47.5 Å². The fourth-order valence-corrected chi connectivity index (χ4v) is 3.29. The monoisotopic (exact) mass is 423 g/mol. The van der Waals surface area contributed by atoms with Crippen molar-refractivity contribution in [3.05, 3.63) is 99.7 Å². The first-order chi connectivity index (χ1) is 14.0. The summed E-state index contributed by atoms with van der Waals surface area (Å²) in [7, 11) is 0. The molecule has 0 atom stereocenters. The highest BCUT2D eigenvalue weighted by Crippen LogP contribution is 2.32. The Morgan fingerprint density at radius 3 is 2.14 bits per heavy atom. The quantitative estimate of drug-likeness (QED) is 0.391. The fourth-order valence-electron chi connectivity index (χ4n) is 3.03. The Morgan fingerprint density at radius 1 is 0.828 bits per heavy atom. The lowest BCUT2D eigenvalue weighted by Gasteiger charge is -2.07. The van der Waals surface area contributed by atoms with Gasteiger partial charge in [-0.25, -0.2) is 0 Å². The van der Waals surface area contributed by atoms with Crippen molar-refractivity contribution in [1.29, 1.82) is 0 Å². The summed E-state index contributed by atoms with van der Waals surface area (Å²) in [6, 6.07) is 20.7. The van der Waals surface area contributed by atoms with E-state index < -0.39 is 0 Å². The van der Waals surface area contributed by atoms with Crippen molar-refractivity contribution in [2.45, 2.75) is 6.42 Å². The third kappa shape index (κ3) is 4.19. The number of para-hydroxylation sites is 1. The molecule has 1 amide bonds. The largest absolute Gasteiger partial charge is 0.450 e. The highest BCUT2D eigenvalue weighted by atomic mass is 35.5. The Labute approximate surface area is 177 Å². The number of carbonyl (C=O) groups is 2. The van der Waals surface area contributed by atoms with Crippen LogP contribution in [-0.2, 0) is 11.2 Å². The number of hydrogen-bond acceptors (Lipinski definition) is 3. The van der Waals surface area contributed by atoms with Crippen LogP contribution in [-0.4, -0.2) is 11.7 Å². The number of ketones is 1. The smallest absolute Gasteiger partial charge is 0.230 e. The van der Waals surface area contributed by atoms with Crippen molar-refractivity contribution in [2.24, 2.45) is 0 Å². The number of fused-ring (bicyclic) bond motifs is 1. The molecular weight excluding hydrogens is 409 g/mol. The highest BCUT2D eigenvalue weighted by molar-refractivity contribution is 6.31. The van der Waals surface area contributed by atoms with Gasteiger partial charge < -0.3 is 9.73 Å². The maximum absolute atomic E-state index is 13.0. The van der Waals surface area contributed by atoms with Crippen molar-refractivity contribution < 1.29 is 14.0 Å². The van der Waals surface area contributed by atoms with E-state index >= 15 is 0 Å². The summed E-state index contributed by atoms with van der Waals surface area (Å²) in [6.45, 7) is 0. The lowest BCUT2D eigenvalue weighted by molar-refractivity contribution is -0.115. The maximum atomic E-state index is 13.0. The molecule has 4 rings (SSSR count). The van der Waals surface area contributed by atoms with Gasteiger partial charge in [0.15, 0.2) is 5.76 Å². The normalized spacial score (nSPS) is 10.8. The van der Waals surface area contributed by atoms with E-state index in [0.29, 0.717) is 32.3 Å². The molecule has 0 unspecified atom stereocenters. The Hall–Kier alpha value is -3.08. The van der Waals surface area contributed by atoms with E-state index in [-0.39, 0.29) is 23.9 Å². The van der Waals surface area contributed by atoms with Crippen LogP contribution in [0.2, 0.25) is 10.0 Å². The van der Waals surface area contributed by atoms with Gasteiger partial charge in [0.25, 0.3) is 0 Å². The molecule has 144 valence electrons. The molecule has 0 fully saturated rings. The minimum absolute atomic E-state index is 0.0815. The number of hydrogen-bond donors (Lipinski definition) is 1. The lowest BCUT2D eigenvalue weighted by atomic mass is 10.1. The molecule has 0 aliphatic heterocycles. The second kappa shape index (κ2) is 8.11. The van der Waals surface area contributed by atoms with Crippen LogP contribution < -0.4 is 5.32 Å². The van der Waals surface area contributed by atoms with Gasteiger partial charge in [-0.05, 0) is 54.1 Å². The molecule has 0 aliphatic carbocycles. The summed E-state index contributed by atoms with van der Waals surface area (Å²) in [4.78, 5) is 25.7. The topological polar surface area (TPSA) is 59.3 Å². The molecule has 4 aromatic rings. The van der Waals surface area contributed by atoms with E-state index in [1.165, 1.54) is 0 Å². The number of furan rings is 1. The Morgan fingerprint density at radius 2 is 1.45 bits per heavy atom. The predicted octanol–water partition coefficient (Wildman–Crippen LogP) is 6.15. The molecule has 3 aromatic carbocycles. The molecule has 0 spiro atoms. The van der Waals surface area contributed by atoms with Gasteiger partial charge in [-0.15, -0.1) is 0 Å². The summed E-state index contributed by atoms with van der Waals surface area (Å²) in [5, 5.41) is 4.64. The second-order valence-electron chi connectivity index (χ2n) is 6.49. The summed E-state index contributed by atoms with van der Waals surface area (Å²) in [5.41, 5.74) is 2.11. The molecule has 6 heteroatoms. The molecule has 29 heavy (non-hydrogen) atoms. The third-order valence-electron chi connectivity index (χ3n) is 4.45. The van der Waals surface area contributed by atoms with Gasteiger partial charge in [-0.3, -0.25) is 9.59 Å². The van der Waals surface area contributed by atoms with Crippen molar-refractivity contribution in [2.75, 3.05) is 5.32 Å². The number of nitrogens with one attached hydrogen (secondary N) is 1. The first kappa shape index (κ1) is 19.2. The molecule has 0 saturated carbocycles. The van der Waals surface area contributed by atoms with E-state index in [1.807, 2.05) is 12.1 Å². The van der Waals surface area contributed by atoms with Gasteiger partial charge >= 0.3 is 0 Å². The zero-order chi connectivity index (χ0) is 20.4. The van der Waals surface area contributed by atoms with E-state index in [0.717, 1.165) is 5.56 Å². The number of benzene rings is 3. The molecule has 0 bridgehead atoms. The molecule has 1 heterocycles. The van der Waals surface area contributed by atoms with Crippen molar-refractivity contribution in [3.8, 4) is 0 Å². The lowest BCUT2D eigenvalue weighted by Crippen LogP contribution is -2.16. The summed E-state index contributed by atoms with van der Waals surface area (Å²) < 4.78 is 5.80. The van der Waals surface area contributed by atoms with Crippen LogP contribution in [0.4, 0.5) is 5.69 Å². The van der Waals surface area contributed by atoms with Crippen LogP contribution >= 0.6 is 23.2 Å². The average Bonchev–Trinajstić information content (AvgIpc) is 3.08. The minimum Gasteiger partial charge on any atom is -0.450 e. The molecular formula is C23H15Cl2NO3. The molecule has 0 radical (unpaired) electrons. The molecule has 0 saturated heterocycles. The summed E-state index contributed by atoms with van der Waals surface area (Å²) in [5.74, 6) is -0.512. The standard InChI is InChI=1S/C23H15Cl2NO3/c24-16-9-5-14(6-10-16)13-20(27)26-21-18-3-1-2-4-19(18)29-23(21)22(28)15-7-11-17(25)12-8-15/h1-12H,13H2,(H,26,27). The fraction of sp³-hybridized carbons (Fsp3) is 0.0435.